The summed E-state index contributed by atoms with van der Waals surface area (Å²) in [4.78, 5) is 2.10. The summed E-state index contributed by atoms with van der Waals surface area (Å²) in [5.41, 5.74) is 3.10. The van der Waals surface area contributed by atoms with Crippen LogP contribution in [-0.2, 0) is 11.8 Å². The van der Waals surface area contributed by atoms with Gasteiger partial charge in [0.05, 0.1) is 13.3 Å². The van der Waals surface area contributed by atoms with Gasteiger partial charge in [-0.15, -0.1) is 0 Å². The average molecular weight is 276 g/mol. The van der Waals surface area contributed by atoms with Crippen LogP contribution >= 0.6 is 0 Å². The highest BCUT2D eigenvalue weighted by Gasteiger charge is 2.40. The molecular formula is C16H26NOSi. The van der Waals surface area contributed by atoms with Gasteiger partial charge < -0.3 is 10.0 Å². The molecule has 0 spiro atoms. The predicted molar refractivity (Wildman–Crippen MR) is 86.5 cm³/mol. The second kappa shape index (κ2) is 5.61. The average Bonchev–Trinajstić information content (AvgIpc) is 2.27. The summed E-state index contributed by atoms with van der Waals surface area (Å²) in [5, 5.41) is 9.95. The first kappa shape index (κ1) is 16.2. The third kappa shape index (κ3) is 3.56. The van der Waals surface area contributed by atoms with Crippen molar-refractivity contribution in [3.8, 4) is 0 Å². The Labute approximate surface area is 118 Å². The Morgan fingerprint density at radius 1 is 1.32 bits per heavy atom. The fraction of sp³-hybridized carbons (Fsp3) is 0.438. The first-order valence-corrected chi connectivity index (χ1v) is 10.1. The Kier molecular flexibility index (Phi) is 4.77. The molecule has 1 unspecified atom stereocenters. The molecule has 0 aliphatic heterocycles. The van der Waals surface area contributed by atoms with E-state index in [2.05, 4.69) is 44.1 Å². The van der Waals surface area contributed by atoms with Crippen LogP contribution in [0.4, 0.5) is 0 Å². The van der Waals surface area contributed by atoms with Crippen LogP contribution in [0.15, 0.2) is 24.8 Å². The minimum absolute atomic E-state index is 0.801. The number of aliphatic hydroxyl groups is 1. The van der Waals surface area contributed by atoms with Crippen molar-refractivity contribution < 1.29 is 5.11 Å². The minimum atomic E-state index is -1.85. The van der Waals surface area contributed by atoms with Crippen molar-refractivity contribution in [2.24, 2.45) is 0 Å². The lowest BCUT2D eigenvalue weighted by Crippen LogP contribution is -2.48. The van der Waals surface area contributed by atoms with Gasteiger partial charge in [0.2, 0.25) is 0 Å². The molecule has 1 N–H and O–H groups in total. The molecule has 0 saturated heterocycles. The van der Waals surface area contributed by atoms with Crippen molar-refractivity contribution in [1.29, 1.82) is 0 Å². The Morgan fingerprint density at radius 2 is 1.89 bits per heavy atom. The second-order valence-corrected chi connectivity index (χ2v) is 11.8. The van der Waals surface area contributed by atoms with E-state index in [1.54, 1.807) is 0 Å². The van der Waals surface area contributed by atoms with E-state index in [1.165, 1.54) is 0 Å². The van der Waals surface area contributed by atoms with Crippen LogP contribution in [0.1, 0.15) is 16.7 Å². The Hall–Kier alpha value is -0.903. The number of benzene rings is 1. The summed E-state index contributed by atoms with van der Waals surface area (Å²) in [6, 6.07) is 6.13. The molecule has 1 rings (SSSR count). The Bertz CT molecular complexity index is 458. The molecule has 0 aromatic heterocycles. The van der Waals surface area contributed by atoms with Crippen molar-refractivity contribution in [3.05, 3.63) is 48.4 Å². The lowest BCUT2D eigenvalue weighted by Gasteiger charge is -2.37. The largest absolute Gasteiger partial charge is 0.389 e. The van der Waals surface area contributed by atoms with E-state index in [4.69, 9.17) is 0 Å². The number of rotatable bonds is 5. The highest BCUT2D eigenvalue weighted by Crippen LogP contribution is 2.34. The van der Waals surface area contributed by atoms with Gasteiger partial charge in [-0.3, -0.25) is 0 Å². The van der Waals surface area contributed by atoms with Crippen LogP contribution in [0.25, 0.3) is 6.08 Å². The molecule has 19 heavy (non-hydrogen) atoms. The van der Waals surface area contributed by atoms with E-state index in [0.717, 1.165) is 23.2 Å². The quantitative estimate of drug-likeness (QED) is 0.834. The van der Waals surface area contributed by atoms with Crippen molar-refractivity contribution >= 4 is 14.1 Å². The van der Waals surface area contributed by atoms with Gasteiger partial charge in [-0.25, -0.2) is 0 Å². The number of nitrogens with zero attached hydrogens (tertiary/aromatic N) is 1. The molecule has 105 valence electrons. The second-order valence-electron chi connectivity index (χ2n) is 6.47. The smallest absolute Gasteiger partial charge is 0.0878 e. The molecule has 0 fully saturated rings. The molecule has 0 saturated carbocycles. The van der Waals surface area contributed by atoms with Crippen LogP contribution in [0.2, 0.25) is 19.6 Å². The maximum absolute atomic E-state index is 10.9. The van der Waals surface area contributed by atoms with E-state index in [0.29, 0.717) is 0 Å². The monoisotopic (exact) mass is 276 g/mol. The summed E-state index contributed by atoms with van der Waals surface area (Å²) in [7, 11) is 2.21. The maximum atomic E-state index is 10.9. The van der Waals surface area contributed by atoms with Crippen molar-refractivity contribution in [2.45, 2.75) is 31.4 Å². The van der Waals surface area contributed by atoms with Gasteiger partial charge in [0, 0.05) is 6.54 Å². The first-order valence-electron chi connectivity index (χ1n) is 6.58. The molecule has 0 bridgehead atoms. The molecule has 3 heteroatoms. The topological polar surface area (TPSA) is 23.5 Å². The lowest BCUT2D eigenvalue weighted by atomic mass is 9.99. The predicted octanol–water partition coefficient (Wildman–Crippen LogP) is 3.29. The maximum Gasteiger partial charge on any atom is 0.0878 e. The van der Waals surface area contributed by atoms with E-state index in [9.17, 15) is 5.11 Å². The van der Waals surface area contributed by atoms with Gasteiger partial charge in [-0.1, -0.05) is 44.4 Å². The van der Waals surface area contributed by atoms with Gasteiger partial charge in [0.25, 0.3) is 0 Å². The number of hydrogen-bond acceptors (Lipinski definition) is 2. The lowest BCUT2D eigenvalue weighted by molar-refractivity contribution is 0.162. The van der Waals surface area contributed by atoms with Gasteiger partial charge in [-0.2, -0.15) is 0 Å². The highest BCUT2D eigenvalue weighted by atomic mass is 28.3. The van der Waals surface area contributed by atoms with Crippen molar-refractivity contribution in [1.82, 2.24) is 4.90 Å². The van der Waals surface area contributed by atoms with Crippen LogP contribution in [0, 0.1) is 6.92 Å². The minimum Gasteiger partial charge on any atom is -0.389 e. The van der Waals surface area contributed by atoms with Gasteiger partial charge in [0.1, 0.15) is 0 Å². The van der Waals surface area contributed by atoms with E-state index in [1.807, 2.05) is 32.3 Å². The Morgan fingerprint density at radius 3 is 2.32 bits per heavy atom. The fourth-order valence-electron chi connectivity index (χ4n) is 1.99. The zero-order valence-electron chi connectivity index (χ0n) is 12.8. The molecule has 1 aromatic carbocycles. The van der Waals surface area contributed by atoms with Crippen molar-refractivity contribution in [3.63, 3.8) is 0 Å². The van der Waals surface area contributed by atoms with Crippen molar-refractivity contribution in [2.75, 3.05) is 14.1 Å². The van der Waals surface area contributed by atoms with Gasteiger partial charge in [-0.05, 0) is 43.8 Å². The molecule has 1 radical (unpaired) electrons. The summed E-state index contributed by atoms with van der Waals surface area (Å²) in [6.07, 6.45) is 1.81. The zero-order chi connectivity index (χ0) is 14.8. The molecule has 0 amide bonds. The summed E-state index contributed by atoms with van der Waals surface area (Å²) < 4.78 is 0. The van der Waals surface area contributed by atoms with Crippen LogP contribution in [0.5, 0.6) is 0 Å². The molecule has 0 heterocycles. The van der Waals surface area contributed by atoms with Gasteiger partial charge in [0.15, 0.2) is 0 Å². The van der Waals surface area contributed by atoms with E-state index >= 15 is 0 Å². The summed E-state index contributed by atoms with van der Waals surface area (Å²) >= 11 is 0. The highest BCUT2D eigenvalue weighted by molar-refractivity contribution is 6.78. The van der Waals surface area contributed by atoms with E-state index in [-0.39, 0.29) is 0 Å². The van der Waals surface area contributed by atoms with Crippen LogP contribution < -0.4 is 0 Å². The summed E-state index contributed by atoms with van der Waals surface area (Å²) in [5.74, 6) is 0. The Balaban J connectivity index is 3.40. The molecule has 2 nitrogen and oxygen atoms in total. The fourth-order valence-corrected chi connectivity index (χ4v) is 3.03. The molecule has 0 aliphatic rings. The molecule has 1 atom stereocenters. The van der Waals surface area contributed by atoms with E-state index < -0.39 is 13.3 Å². The molecular weight excluding hydrogens is 250 g/mol. The molecule has 1 aromatic rings. The van der Waals surface area contributed by atoms with Gasteiger partial charge >= 0.3 is 0 Å². The standard InChI is InChI=1S/C16H26NOSi/c1-8-13-9-10-14(12-17(3)4)15(11-13)16(2,18)19(5,6)7/h8-11,18H,1-2,12H2,3-7H3. The normalized spacial score (nSPS) is 15.4. The first-order chi connectivity index (χ1) is 8.59. The SMILES string of the molecule is [CH2]C(O)(c1cc(C=C)ccc1CN(C)C)[Si](C)(C)C. The zero-order valence-corrected chi connectivity index (χ0v) is 13.8. The third-order valence-corrected chi connectivity index (χ3v) is 6.29. The number of hydrogen-bond donors (Lipinski definition) is 1. The van der Waals surface area contributed by atoms with Crippen LogP contribution in [0.3, 0.4) is 0 Å². The summed E-state index contributed by atoms with van der Waals surface area (Å²) in [6.45, 7) is 15.1. The third-order valence-electron chi connectivity index (χ3n) is 3.54. The van der Waals surface area contributed by atoms with Crippen LogP contribution in [-0.4, -0.2) is 32.2 Å². The molecule has 0 aliphatic carbocycles.